The van der Waals surface area contributed by atoms with Crippen LogP contribution in [0.4, 0.5) is 0 Å². The molecule has 1 atom stereocenters. The highest BCUT2D eigenvalue weighted by molar-refractivity contribution is 7.12. The van der Waals surface area contributed by atoms with Crippen molar-refractivity contribution in [2.45, 2.75) is 25.9 Å². The summed E-state index contributed by atoms with van der Waals surface area (Å²) in [6.45, 7) is 1.77. The Morgan fingerprint density at radius 1 is 1.16 bits per heavy atom. The van der Waals surface area contributed by atoms with Crippen molar-refractivity contribution in [3.05, 3.63) is 80.4 Å². The molecule has 1 aliphatic heterocycles. The minimum atomic E-state index is -0.300. The van der Waals surface area contributed by atoms with Gasteiger partial charge in [0.2, 0.25) is 0 Å². The SMILES string of the molecule is COc1ccc(C2CC(c3cccs3)=NN2C(=O)Cn2ccc(C)cc2=O)cc1OC. The Morgan fingerprint density at radius 3 is 2.65 bits per heavy atom. The average molecular weight is 438 g/mol. The summed E-state index contributed by atoms with van der Waals surface area (Å²) in [7, 11) is 3.16. The number of methoxy groups -OCH3 is 2. The third-order valence-electron chi connectivity index (χ3n) is 5.22. The number of amides is 1. The highest BCUT2D eigenvalue weighted by Gasteiger charge is 2.34. The second-order valence-electron chi connectivity index (χ2n) is 7.27. The zero-order chi connectivity index (χ0) is 22.0. The number of aryl methyl sites for hydroxylation is 1. The molecule has 0 saturated carbocycles. The molecule has 0 radical (unpaired) electrons. The summed E-state index contributed by atoms with van der Waals surface area (Å²) in [4.78, 5) is 26.5. The first kappa shape index (κ1) is 20.9. The number of pyridine rings is 1. The van der Waals surface area contributed by atoms with Gasteiger partial charge in [0.15, 0.2) is 11.5 Å². The number of benzene rings is 1. The van der Waals surface area contributed by atoms with Crippen LogP contribution in [0.25, 0.3) is 0 Å². The van der Waals surface area contributed by atoms with Gasteiger partial charge in [0.1, 0.15) is 6.54 Å². The summed E-state index contributed by atoms with van der Waals surface area (Å²) in [5, 5.41) is 8.13. The van der Waals surface area contributed by atoms with Crippen molar-refractivity contribution in [2.24, 2.45) is 5.10 Å². The first-order valence-corrected chi connectivity index (χ1v) is 10.7. The highest BCUT2D eigenvalue weighted by atomic mass is 32.1. The average Bonchev–Trinajstić information content (AvgIpc) is 3.45. The molecule has 1 aliphatic rings. The molecule has 8 heteroatoms. The third kappa shape index (κ3) is 4.25. The summed E-state index contributed by atoms with van der Waals surface area (Å²) in [6, 6.07) is 12.6. The van der Waals surface area contributed by atoms with E-state index in [1.807, 2.05) is 48.7 Å². The molecule has 160 valence electrons. The molecule has 0 fully saturated rings. The number of carbonyl (C=O) groups is 1. The van der Waals surface area contributed by atoms with E-state index in [1.165, 1.54) is 15.6 Å². The van der Waals surface area contributed by atoms with Gasteiger partial charge >= 0.3 is 0 Å². The van der Waals surface area contributed by atoms with Crippen molar-refractivity contribution < 1.29 is 14.3 Å². The van der Waals surface area contributed by atoms with Crippen LogP contribution < -0.4 is 15.0 Å². The molecular formula is C23H23N3O4S. The van der Waals surface area contributed by atoms with Gasteiger partial charge in [-0.1, -0.05) is 12.1 Å². The lowest BCUT2D eigenvalue weighted by molar-refractivity contribution is -0.133. The number of ether oxygens (including phenoxy) is 2. The third-order valence-corrected chi connectivity index (χ3v) is 6.14. The molecule has 1 amide bonds. The molecule has 7 nitrogen and oxygen atoms in total. The van der Waals surface area contributed by atoms with Crippen molar-refractivity contribution in [3.8, 4) is 11.5 Å². The van der Waals surface area contributed by atoms with E-state index >= 15 is 0 Å². The van der Waals surface area contributed by atoms with Crippen molar-refractivity contribution >= 4 is 23.0 Å². The summed E-state index contributed by atoms with van der Waals surface area (Å²) < 4.78 is 12.2. The van der Waals surface area contributed by atoms with Gasteiger partial charge in [-0.05, 0) is 47.7 Å². The fourth-order valence-corrected chi connectivity index (χ4v) is 4.33. The Bertz CT molecular complexity index is 1180. The van der Waals surface area contributed by atoms with Crippen molar-refractivity contribution in [1.82, 2.24) is 9.58 Å². The van der Waals surface area contributed by atoms with Gasteiger partial charge in [0.25, 0.3) is 11.5 Å². The van der Waals surface area contributed by atoms with Crippen LogP contribution in [0.15, 0.2) is 63.9 Å². The first-order valence-electron chi connectivity index (χ1n) is 9.82. The number of aromatic nitrogens is 1. The quantitative estimate of drug-likeness (QED) is 0.591. The number of thiophene rings is 1. The van der Waals surface area contributed by atoms with E-state index in [-0.39, 0.29) is 24.1 Å². The summed E-state index contributed by atoms with van der Waals surface area (Å²) in [5.41, 5.74) is 2.38. The van der Waals surface area contributed by atoms with Crippen LogP contribution in [0, 0.1) is 6.92 Å². The molecule has 0 N–H and O–H groups in total. The molecule has 0 spiro atoms. The van der Waals surface area contributed by atoms with Gasteiger partial charge in [0, 0.05) is 18.7 Å². The topological polar surface area (TPSA) is 73.1 Å². The van der Waals surface area contributed by atoms with Gasteiger partial charge in [-0.15, -0.1) is 11.3 Å². The molecule has 3 aromatic rings. The van der Waals surface area contributed by atoms with Crippen LogP contribution in [0.3, 0.4) is 0 Å². The minimum absolute atomic E-state index is 0.0792. The molecule has 1 aromatic carbocycles. The van der Waals surface area contributed by atoms with Gasteiger partial charge in [-0.3, -0.25) is 9.59 Å². The molecule has 31 heavy (non-hydrogen) atoms. The minimum Gasteiger partial charge on any atom is -0.493 e. The number of hydrogen-bond donors (Lipinski definition) is 0. The predicted octanol–water partition coefficient (Wildman–Crippen LogP) is 3.61. The zero-order valence-electron chi connectivity index (χ0n) is 17.6. The Hall–Kier alpha value is -3.39. The monoisotopic (exact) mass is 437 g/mol. The fraction of sp³-hybridized carbons (Fsp3) is 0.261. The van der Waals surface area contributed by atoms with Gasteiger partial charge in [0.05, 0.1) is 30.9 Å². The molecule has 3 heterocycles. The lowest BCUT2D eigenvalue weighted by Gasteiger charge is -2.23. The van der Waals surface area contributed by atoms with E-state index < -0.39 is 0 Å². The molecule has 0 bridgehead atoms. The number of rotatable bonds is 6. The second kappa shape index (κ2) is 8.77. The first-order chi connectivity index (χ1) is 15.0. The standard InChI is InChI=1S/C23H23N3O4S/c1-15-8-9-25(22(27)11-15)14-23(28)26-18(13-17(24-26)21-5-4-10-31-21)16-6-7-19(29-2)20(12-16)30-3/h4-12,18H,13-14H2,1-3H3. The van der Waals surface area contributed by atoms with Crippen LogP contribution in [0.1, 0.15) is 28.5 Å². The smallest absolute Gasteiger partial charge is 0.263 e. The Labute approximate surface area is 184 Å². The molecule has 0 aliphatic carbocycles. The van der Waals surface area contributed by atoms with Gasteiger partial charge in [-0.25, -0.2) is 5.01 Å². The molecule has 1 unspecified atom stereocenters. The second-order valence-corrected chi connectivity index (χ2v) is 8.21. The van der Waals surface area contributed by atoms with Crippen LogP contribution in [-0.2, 0) is 11.3 Å². The molecule has 4 rings (SSSR count). The lowest BCUT2D eigenvalue weighted by Crippen LogP contribution is -2.33. The van der Waals surface area contributed by atoms with Crippen LogP contribution in [0.2, 0.25) is 0 Å². The van der Waals surface area contributed by atoms with E-state index in [2.05, 4.69) is 5.10 Å². The normalized spacial score (nSPS) is 15.6. The van der Waals surface area contributed by atoms with Crippen molar-refractivity contribution in [1.29, 1.82) is 0 Å². The molecule has 2 aromatic heterocycles. The number of carbonyl (C=O) groups excluding carboxylic acids is 1. The maximum atomic E-state index is 13.2. The molecule has 0 saturated heterocycles. The number of nitrogens with zero attached hydrogens (tertiary/aromatic N) is 3. The van der Waals surface area contributed by atoms with Crippen LogP contribution in [-0.4, -0.2) is 35.4 Å². The van der Waals surface area contributed by atoms with E-state index in [9.17, 15) is 9.59 Å². The maximum absolute atomic E-state index is 13.2. The Kier molecular flexibility index (Phi) is 5.90. The number of hydrazone groups is 1. The fourth-order valence-electron chi connectivity index (χ4n) is 3.61. The summed E-state index contributed by atoms with van der Waals surface area (Å²) in [6.07, 6.45) is 2.21. The molecular weight excluding hydrogens is 414 g/mol. The predicted molar refractivity (Wildman–Crippen MR) is 120 cm³/mol. The number of hydrogen-bond acceptors (Lipinski definition) is 6. The summed E-state index contributed by atoms with van der Waals surface area (Å²) in [5.74, 6) is 0.955. The summed E-state index contributed by atoms with van der Waals surface area (Å²) >= 11 is 1.58. The van der Waals surface area contributed by atoms with Crippen LogP contribution >= 0.6 is 11.3 Å². The van der Waals surface area contributed by atoms with E-state index in [1.54, 1.807) is 31.8 Å². The van der Waals surface area contributed by atoms with Crippen LogP contribution in [0.5, 0.6) is 11.5 Å². The van der Waals surface area contributed by atoms with Gasteiger partial charge in [-0.2, -0.15) is 5.10 Å². The van der Waals surface area contributed by atoms with E-state index in [4.69, 9.17) is 9.47 Å². The van der Waals surface area contributed by atoms with Gasteiger partial charge < -0.3 is 14.0 Å². The highest BCUT2D eigenvalue weighted by Crippen LogP contribution is 2.37. The zero-order valence-corrected chi connectivity index (χ0v) is 18.4. The van der Waals surface area contributed by atoms with Crippen molar-refractivity contribution in [2.75, 3.05) is 14.2 Å². The lowest BCUT2D eigenvalue weighted by atomic mass is 10.0. The van der Waals surface area contributed by atoms with E-state index in [0.717, 1.165) is 21.7 Å². The Balaban J connectivity index is 1.68. The Morgan fingerprint density at radius 2 is 1.97 bits per heavy atom. The maximum Gasteiger partial charge on any atom is 0.263 e. The van der Waals surface area contributed by atoms with E-state index in [0.29, 0.717) is 17.9 Å². The van der Waals surface area contributed by atoms with Crippen molar-refractivity contribution in [3.63, 3.8) is 0 Å². The largest absolute Gasteiger partial charge is 0.493 e.